The van der Waals surface area contributed by atoms with Crippen molar-refractivity contribution in [2.75, 3.05) is 52.4 Å². The van der Waals surface area contributed by atoms with Gasteiger partial charge in [-0.2, -0.15) is 11.8 Å². The summed E-state index contributed by atoms with van der Waals surface area (Å²) in [6, 6.07) is -0.343. The Kier molecular flexibility index (Phi) is 17.4. The summed E-state index contributed by atoms with van der Waals surface area (Å²) in [7, 11) is 1.51. The molecule has 9 heteroatoms. The van der Waals surface area contributed by atoms with Gasteiger partial charge in [-0.25, -0.2) is 0 Å². The van der Waals surface area contributed by atoms with Gasteiger partial charge in [0.05, 0.1) is 33.8 Å². The minimum Gasteiger partial charge on any atom is -0.756 e. The average Bonchev–Trinajstić information content (AvgIpc) is 2.64. The molecule has 30 heavy (non-hydrogen) atoms. The number of hydrogen-bond donors (Lipinski definition) is 1. The first-order valence-corrected chi connectivity index (χ1v) is 14.0. The zero-order valence-corrected chi connectivity index (χ0v) is 21.5. The van der Waals surface area contributed by atoms with Gasteiger partial charge in [-0.15, -0.1) is 0 Å². The van der Waals surface area contributed by atoms with Gasteiger partial charge in [-0.1, -0.05) is 52.4 Å². The van der Waals surface area contributed by atoms with E-state index in [1.165, 1.54) is 19.3 Å². The molecule has 0 aliphatic carbocycles. The number of carbonyl (C=O) groups is 1. The molecule has 1 amide bonds. The first-order valence-electron chi connectivity index (χ1n) is 11.4. The number of unbranched alkanes of at least 4 members (excludes halogenated alkanes) is 6. The van der Waals surface area contributed by atoms with Gasteiger partial charge in [0.2, 0.25) is 5.91 Å². The lowest BCUT2D eigenvalue weighted by Crippen LogP contribution is -2.40. The molecule has 0 spiro atoms. The van der Waals surface area contributed by atoms with Crippen molar-refractivity contribution < 1.29 is 27.8 Å². The number of rotatable bonds is 20. The summed E-state index contributed by atoms with van der Waals surface area (Å²) < 4.78 is 22.7. The Hall–Kier alpha value is -0.110. The van der Waals surface area contributed by atoms with E-state index in [-0.39, 0.29) is 25.2 Å². The zero-order valence-electron chi connectivity index (χ0n) is 19.8. The van der Waals surface area contributed by atoms with Crippen LogP contribution in [0, 0.1) is 0 Å². The van der Waals surface area contributed by atoms with Crippen molar-refractivity contribution in [3.8, 4) is 0 Å². The molecule has 0 saturated carbocycles. The maximum Gasteiger partial charge on any atom is 0.268 e. The molecule has 180 valence electrons. The second kappa shape index (κ2) is 17.4. The lowest BCUT2D eigenvalue weighted by molar-refractivity contribution is -0.870. The van der Waals surface area contributed by atoms with Crippen LogP contribution in [0.15, 0.2) is 0 Å². The van der Waals surface area contributed by atoms with Crippen molar-refractivity contribution in [3.05, 3.63) is 0 Å². The number of quaternary nitrogens is 1. The van der Waals surface area contributed by atoms with Crippen LogP contribution < -0.4 is 10.2 Å². The van der Waals surface area contributed by atoms with E-state index in [1.54, 1.807) is 11.8 Å². The molecule has 1 N–H and O–H groups in total. The fraction of sp³-hybridized carbons (Fsp3) is 0.952. The fourth-order valence-electron chi connectivity index (χ4n) is 2.65. The van der Waals surface area contributed by atoms with Gasteiger partial charge in [0, 0.05) is 12.2 Å². The van der Waals surface area contributed by atoms with Crippen molar-refractivity contribution in [3.63, 3.8) is 0 Å². The van der Waals surface area contributed by atoms with Crippen LogP contribution in [-0.4, -0.2) is 68.8 Å². The number of likely N-dealkylation sites (N-methyl/N-ethyl adjacent to an activating group) is 1. The Bertz CT molecular complexity index is 489. The Balaban J connectivity index is 4.47. The summed E-state index contributed by atoms with van der Waals surface area (Å²) in [6.45, 7) is 4.86. The molecule has 0 rings (SSSR count). The number of thioether (sulfide) groups is 1. The standard InChI is InChI=1S/C21H45N2O5PS/c1-6-8-10-12-14-21(24)22-20(19-30-17-13-11-9-7-2)18-28-29(25,26)27-16-15-23(3,4)5/h20H,6-19H2,1-5H3,(H-,22,24,25,26)/t20-/m0/s1. The molecule has 0 aromatic heterocycles. The normalized spacial score (nSPS) is 15.0. The third kappa shape index (κ3) is 19.8. The van der Waals surface area contributed by atoms with E-state index in [2.05, 4.69) is 19.2 Å². The van der Waals surface area contributed by atoms with Gasteiger partial charge < -0.3 is 23.7 Å². The maximum atomic E-state index is 12.2. The molecular weight excluding hydrogens is 423 g/mol. The molecule has 0 saturated heterocycles. The lowest BCUT2D eigenvalue weighted by atomic mass is 10.1. The van der Waals surface area contributed by atoms with Gasteiger partial charge in [-0.05, 0) is 18.6 Å². The van der Waals surface area contributed by atoms with Gasteiger partial charge >= 0.3 is 0 Å². The van der Waals surface area contributed by atoms with Crippen LogP contribution in [0.1, 0.15) is 71.6 Å². The average molecular weight is 469 g/mol. The minimum atomic E-state index is -4.38. The predicted molar refractivity (Wildman–Crippen MR) is 125 cm³/mol. The Morgan fingerprint density at radius 1 is 1.03 bits per heavy atom. The largest absolute Gasteiger partial charge is 0.756 e. The highest BCUT2D eigenvalue weighted by Crippen LogP contribution is 2.38. The van der Waals surface area contributed by atoms with Gasteiger partial charge in [0.1, 0.15) is 13.2 Å². The molecule has 0 aliphatic heterocycles. The molecule has 0 bridgehead atoms. The summed E-state index contributed by atoms with van der Waals surface area (Å²) in [5.74, 6) is 1.59. The van der Waals surface area contributed by atoms with E-state index in [0.717, 1.165) is 37.9 Å². The molecule has 0 radical (unpaired) electrons. The Labute approximate surface area is 188 Å². The summed E-state index contributed by atoms with van der Waals surface area (Å²) >= 11 is 1.73. The molecule has 7 nitrogen and oxygen atoms in total. The third-order valence-corrected chi connectivity index (χ3v) is 6.71. The highest BCUT2D eigenvalue weighted by atomic mass is 32.2. The molecule has 1 unspecified atom stereocenters. The van der Waals surface area contributed by atoms with Crippen LogP contribution in [0.4, 0.5) is 0 Å². The second-order valence-corrected chi connectivity index (χ2v) is 11.4. The molecule has 0 aromatic rings. The van der Waals surface area contributed by atoms with Crippen molar-refractivity contribution in [1.29, 1.82) is 0 Å². The Morgan fingerprint density at radius 2 is 1.67 bits per heavy atom. The number of amides is 1. The highest BCUT2D eigenvalue weighted by Gasteiger charge is 2.18. The minimum absolute atomic E-state index is 0.0435. The highest BCUT2D eigenvalue weighted by molar-refractivity contribution is 7.99. The van der Waals surface area contributed by atoms with E-state index in [0.29, 0.717) is 23.2 Å². The summed E-state index contributed by atoms with van der Waals surface area (Å²) in [5, 5.41) is 2.95. The second-order valence-electron chi connectivity index (χ2n) is 8.80. The smallest absolute Gasteiger partial charge is 0.268 e. The number of carbonyl (C=O) groups excluding carboxylic acids is 1. The quantitative estimate of drug-likeness (QED) is 0.165. The first kappa shape index (κ1) is 29.9. The predicted octanol–water partition coefficient (Wildman–Crippen LogP) is 3.96. The SMILES string of the molecule is CCCCCCSC[C@H](COP(=O)([O-])OCC[N+](C)(C)C)NC(=O)CCCCCC. The van der Waals surface area contributed by atoms with Crippen molar-refractivity contribution in [2.24, 2.45) is 0 Å². The summed E-state index contributed by atoms with van der Waals surface area (Å²) in [6.07, 6.45) is 9.35. The van der Waals surface area contributed by atoms with Crippen molar-refractivity contribution in [2.45, 2.75) is 77.7 Å². The van der Waals surface area contributed by atoms with Crippen LogP contribution in [0.3, 0.4) is 0 Å². The molecule has 0 aliphatic rings. The number of phosphoric acid groups is 1. The van der Waals surface area contributed by atoms with Crippen LogP contribution in [0.25, 0.3) is 0 Å². The summed E-state index contributed by atoms with van der Waals surface area (Å²) in [5.41, 5.74) is 0. The van der Waals surface area contributed by atoms with Crippen LogP contribution in [-0.2, 0) is 18.4 Å². The maximum absolute atomic E-state index is 12.2. The molecule has 0 fully saturated rings. The molecular formula is C21H45N2O5PS. The summed E-state index contributed by atoms with van der Waals surface area (Å²) in [4.78, 5) is 24.3. The van der Waals surface area contributed by atoms with Gasteiger partial charge in [-0.3, -0.25) is 9.36 Å². The van der Waals surface area contributed by atoms with E-state index >= 15 is 0 Å². The van der Waals surface area contributed by atoms with Crippen LogP contribution in [0.5, 0.6) is 0 Å². The third-order valence-electron chi connectivity index (χ3n) is 4.53. The number of hydrogen-bond acceptors (Lipinski definition) is 6. The van der Waals surface area contributed by atoms with Crippen LogP contribution >= 0.6 is 19.6 Å². The van der Waals surface area contributed by atoms with E-state index in [9.17, 15) is 14.3 Å². The lowest BCUT2D eigenvalue weighted by Gasteiger charge is -2.28. The number of nitrogens with one attached hydrogen (secondary N) is 1. The fourth-order valence-corrected chi connectivity index (χ4v) is 4.43. The van der Waals surface area contributed by atoms with Gasteiger partial charge in [0.15, 0.2) is 0 Å². The first-order chi connectivity index (χ1) is 14.1. The topological polar surface area (TPSA) is 87.7 Å². The molecule has 2 atom stereocenters. The number of phosphoric ester groups is 1. The molecule has 0 heterocycles. The monoisotopic (exact) mass is 468 g/mol. The number of nitrogens with zero attached hydrogens (tertiary/aromatic N) is 1. The van der Waals surface area contributed by atoms with E-state index in [4.69, 9.17) is 9.05 Å². The zero-order chi connectivity index (χ0) is 22.9. The van der Waals surface area contributed by atoms with Crippen molar-refractivity contribution in [1.82, 2.24) is 5.32 Å². The van der Waals surface area contributed by atoms with Gasteiger partial charge in [0.25, 0.3) is 7.82 Å². The van der Waals surface area contributed by atoms with Crippen LogP contribution in [0.2, 0.25) is 0 Å². The van der Waals surface area contributed by atoms with E-state index < -0.39 is 7.82 Å². The van der Waals surface area contributed by atoms with Crippen molar-refractivity contribution >= 4 is 25.5 Å². The Morgan fingerprint density at radius 3 is 2.27 bits per heavy atom. The molecule has 0 aromatic carbocycles. The van der Waals surface area contributed by atoms with E-state index in [1.807, 2.05) is 21.1 Å².